The fourth-order valence-electron chi connectivity index (χ4n) is 3.47. The molecule has 140 valence electrons. The largest absolute Gasteiger partial charge is 0.497 e. The van der Waals surface area contributed by atoms with E-state index in [0.717, 1.165) is 52.6 Å². The van der Waals surface area contributed by atoms with E-state index in [4.69, 9.17) is 19.4 Å². The zero-order valence-electron chi connectivity index (χ0n) is 16.0. The third-order valence-electron chi connectivity index (χ3n) is 4.95. The van der Waals surface area contributed by atoms with Crippen molar-refractivity contribution in [3.63, 3.8) is 0 Å². The smallest absolute Gasteiger partial charge is 0.229 e. The molecule has 1 saturated heterocycles. The molecule has 0 radical (unpaired) electrons. The highest BCUT2D eigenvalue weighted by Crippen LogP contribution is 2.31. The quantitative estimate of drug-likeness (QED) is 0.728. The Morgan fingerprint density at radius 2 is 1.78 bits per heavy atom. The molecule has 1 N–H and O–H groups in total. The van der Waals surface area contributed by atoms with E-state index in [0.29, 0.717) is 5.95 Å². The first-order chi connectivity index (χ1) is 13.2. The van der Waals surface area contributed by atoms with Gasteiger partial charge in [-0.05, 0) is 43.5 Å². The van der Waals surface area contributed by atoms with Crippen LogP contribution >= 0.6 is 0 Å². The third-order valence-corrected chi connectivity index (χ3v) is 4.95. The van der Waals surface area contributed by atoms with E-state index in [2.05, 4.69) is 10.2 Å². The summed E-state index contributed by atoms with van der Waals surface area (Å²) in [6, 6.07) is 11.9. The minimum atomic E-state index is 0.573. The van der Waals surface area contributed by atoms with Crippen molar-refractivity contribution in [2.75, 3.05) is 37.5 Å². The maximum Gasteiger partial charge on any atom is 0.229 e. The lowest BCUT2D eigenvalue weighted by molar-refractivity contribution is 0.412. The monoisotopic (exact) mass is 364 g/mol. The molecule has 1 fully saturated rings. The fourth-order valence-corrected chi connectivity index (χ4v) is 3.47. The van der Waals surface area contributed by atoms with E-state index in [1.165, 1.54) is 12.8 Å². The normalized spacial score (nSPS) is 13.8. The van der Waals surface area contributed by atoms with Crippen LogP contribution in [-0.2, 0) is 0 Å². The van der Waals surface area contributed by atoms with Gasteiger partial charge in [-0.3, -0.25) is 0 Å². The average molecular weight is 364 g/mol. The second kappa shape index (κ2) is 7.31. The summed E-state index contributed by atoms with van der Waals surface area (Å²) >= 11 is 0. The summed E-state index contributed by atoms with van der Waals surface area (Å²) in [5.74, 6) is 3.17. The van der Waals surface area contributed by atoms with Crippen molar-refractivity contribution >= 4 is 28.4 Å². The first-order valence-electron chi connectivity index (χ1n) is 9.20. The number of methoxy groups -OCH3 is 2. The minimum absolute atomic E-state index is 0.573. The molecule has 27 heavy (non-hydrogen) atoms. The molecule has 6 heteroatoms. The second-order valence-corrected chi connectivity index (χ2v) is 6.76. The average Bonchev–Trinajstić information content (AvgIpc) is 3.23. The van der Waals surface area contributed by atoms with Crippen molar-refractivity contribution in [2.24, 2.45) is 0 Å². The van der Waals surface area contributed by atoms with Crippen molar-refractivity contribution in [2.45, 2.75) is 19.8 Å². The van der Waals surface area contributed by atoms with Gasteiger partial charge in [0.25, 0.3) is 0 Å². The first kappa shape index (κ1) is 17.4. The predicted molar refractivity (Wildman–Crippen MR) is 109 cm³/mol. The molecule has 0 bridgehead atoms. The summed E-state index contributed by atoms with van der Waals surface area (Å²) in [6.45, 7) is 4.07. The molecule has 0 atom stereocenters. The Kier molecular flexibility index (Phi) is 4.71. The first-order valence-corrected chi connectivity index (χ1v) is 9.20. The van der Waals surface area contributed by atoms with E-state index >= 15 is 0 Å². The number of ether oxygens (including phenoxy) is 2. The van der Waals surface area contributed by atoms with Crippen LogP contribution in [0.5, 0.6) is 11.5 Å². The van der Waals surface area contributed by atoms with Gasteiger partial charge >= 0.3 is 0 Å². The number of nitrogens with zero attached hydrogens (tertiary/aromatic N) is 3. The molecular weight excluding hydrogens is 340 g/mol. The number of hydrogen-bond acceptors (Lipinski definition) is 6. The zero-order valence-corrected chi connectivity index (χ0v) is 16.0. The molecule has 1 aromatic heterocycles. The maximum absolute atomic E-state index is 5.42. The van der Waals surface area contributed by atoms with Crippen molar-refractivity contribution in [3.05, 3.63) is 42.0 Å². The Balaban J connectivity index is 1.77. The number of aryl methyl sites for hydroxylation is 1. The highest BCUT2D eigenvalue weighted by Gasteiger charge is 2.18. The zero-order chi connectivity index (χ0) is 18.8. The Bertz CT molecular complexity index is 968. The van der Waals surface area contributed by atoms with Crippen molar-refractivity contribution in [1.29, 1.82) is 0 Å². The van der Waals surface area contributed by atoms with Gasteiger partial charge in [-0.25, -0.2) is 4.98 Å². The van der Waals surface area contributed by atoms with Gasteiger partial charge < -0.3 is 19.7 Å². The van der Waals surface area contributed by atoms with E-state index in [-0.39, 0.29) is 0 Å². The van der Waals surface area contributed by atoms with E-state index in [1.54, 1.807) is 14.2 Å². The molecule has 1 aliphatic heterocycles. The topological polar surface area (TPSA) is 59.5 Å². The van der Waals surface area contributed by atoms with Gasteiger partial charge in [0.15, 0.2) is 0 Å². The van der Waals surface area contributed by atoms with Crippen molar-refractivity contribution < 1.29 is 9.47 Å². The molecule has 0 amide bonds. The van der Waals surface area contributed by atoms with Crippen molar-refractivity contribution in [3.8, 4) is 11.5 Å². The predicted octanol–water partition coefficient (Wildman–Crippen LogP) is 4.30. The number of rotatable bonds is 5. The summed E-state index contributed by atoms with van der Waals surface area (Å²) in [6.07, 6.45) is 2.39. The van der Waals surface area contributed by atoms with Crippen LogP contribution in [0.4, 0.5) is 17.5 Å². The molecule has 2 aromatic carbocycles. The maximum atomic E-state index is 5.42. The third kappa shape index (κ3) is 3.47. The summed E-state index contributed by atoms with van der Waals surface area (Å²) in [4.78, 5) is 11.9. The Labute approximate surface area is 159 Å². The number of nitrogens with one attached hydrogen (secondary N) is 1. The lowest BCUT2D eigenvalue weighted by Crippen LogP contribution is -2.20. The standard InChI is InChI=1S/C21H24N4O2/c1-14-6-7-15(12-19(14)27-3)22-21-23-18-13-16(26-2)8-9-17(18)20(24-21)25-10-4-5-11-25/h6-9,12-13H,4-5,10-11H2,1-3H3,(H,22,23,24). The number of anilines is 3. The van der Waals surface area contributed by atoms with Gasteiger partial charge in [0, 0.05) is 36.3 Å². The van der Waals surface area contributed by atoms with Crippen LogP contribution in [0, 0.1) is 6.92 Å². The van der Waals surface area contributed by atoms with Crippen LogP contribution in [0.1, 0.15) is 18.4 Å². The molecule has 0 spiro atoms. The van der Waals surface area contributed by atoms with Crippen LogP contribution in [-0.4, -0.2) is 37.3 Å². The van der Waals surface area contributed by atoms with Crippen LogP contribution in [0.25, 0.3) is 10.9 Å². The highest BCUT2D eigenvalue weighted by molar-refractivity contribution is 5.91. The number of aromatic nitrogens is 2. The molecule has 2 heterocycles. The summed E-state index contributed by atoms with van der Waals surface area (Å²) in [5.41, 5.74) is 2.85. The number of hydrogen-bond donors (Lipinski definition) is 1. The molecule has 4 rings (SSSR count). The molecule has 0 saturated carbocycles. The van der Waals surface area contributed by atoms with Crippen LogP contribution in [0.3, 0.4) is 0 Å². The SMILES string of the molecule is COc1ccc2c(N3CCCC3)nc(Nc3ccc(C)c(OC)c3)nc2c1. The van der Waals surface area contributed by atoms with Crippen LogP contribution < -0.4 is 19.7 Å². The molecular formula is C21H24N4O2. The molecule has 0 aliphatic carbocycles. The van der Waals surface area contributed by atoms with Gasteiger partial charge in [-0.1, -0.05) is 6.07 Å². The molecule has 1 aliphatic rings. The highest BCUT2D eigenvalue weighted by atomic mass is 16.5. The second-order valence-electron chi connectivity index (χ2n) is 6.76. The van der Waals surface area contributed by atoms with Crippen LogP contribution in [0.15, 0.2) is 36.4 Å². The van der Waals surface area contributed by atoms with Gasteiger partial charge in [0.05, 0.1) is 19.7 Å². The number of benzene rings is 2. The van der Waals surface area contributed by atoms with E-state index < -0.39 is 0 Å². The Morgan fingerprint density at radius 1 is 0.963 bits per heavy atom. The molecule has 6 nitrogen and oxygen atoms in total. The van der Waals surface area contributed by atoms with Gasteiger partial charge in [0.1, 0.15) is 17.3 Å². The summed E-state index contributed by atoms with van der Waals surface area (Å²) in [5, 5.41) is 4.38. The lowest BCUT2D eigenvalue weighted by atomic mass is 10.2. The lowest BCUT2D eigenvalue weighted by Gasteiger charge is -2.20. The van der Waals surface area contributed by atoms with Gasteiger partial charge in [-0.15, -0.1) is 0 Å². The Morgan fingerprint density at radius 3 is 2.52 bits per heavy atom. The van der Waals surface area contributed by atoms with Gasteiger partial charge in [0.2, 0.25) is 5.95 Å². The fraction of sp³-hybridized carbons (Fsp3) is 0.333. The molecule has 3 aromatic rings. The summed E-state index contributed by atoms with van der Waals surface area (Å²) in [7, 11) is 3.35. The van der Waals surface area contributed by atoms with Crippen molar-refractivity contribution in [1.82, 2.24) is 9.97 Å². The number of fused-ring (bicyclic) bond motifs is 1. The van der Waals surface area contributed by atoms with E-state index in [1.807, 2.05) is 43.3 Å². The van der Waals surface area contributed by atoms with E-state index in [9.17, 15) is 0 Å². The summed E-state index contributed by atoms with van der Waals surface area (Å²) < 4.78 is 10.8. The Hall–Kier alpha value is -3.02. The molecule has 0 unspecified atom stereocenters. The van der Waals surface area contributed by atoms with Gasteiger partial charge in [-0.2, -0.15) is 4.98 Å². The minimum Gasteiger partial charge on any atom is -0.497 e. The van der Waals surface area contributed by atoms with Crippen LogP contribution in [0.2, 0.25) is 0 Å².